The Morgan fingerprint density at radius 3 is 2.29 bits per heavy atom. The van der Waals surface area contributed by atoms with Crippen molar-refractivity contribution in [3.63, 3.8) is 0 Å². The molecule has 2 aliphatic heterocycles. The van der Waals surface area contributed by atoms with Crippen molar-refractivity contribution in [2.45, 2.75) is 28.8 Å². The van der Waals surface area contributed by atoms with E-state index in [1.807, 2.05) is 11.0 Å². The Morgan fingerprint density at radius 1 is 0.968 bits per heavy atom. The van der Waals surface area contributed by atoms with Gasteiger partial charge in [0, 0.05) is 31.0 Å². The fourth-order valence-electron chi connectivity index (χ4n) is 4.10. The van der Waals surface area contributed by atoms with Gasteiger partial charge in [-0.2, -0.15) is 17.5 Å². The Kier molecular flexibility index (Phi) is 5.82. The van der Waals surface area contributed by atoms with Gasteiger partial charge in [-0.05, 0) is 43.2 Å². The van der Waals surface area contributed by atoms with E-state index in [1.165, 1.54) is 10.4 Å². The molecule has 2 saturated heterocycles. The second-order valence-electron chi connectivity index (χ2n) is 7.55. The van der Waals surface area contributed by atoms with Crippen molar-refractivity contribution in [1.29, 1.82) is 0 Å². The molecule has 2 fully saturated rings. The monoisotopic (exact) mass is 470 g/mol. The molecule has 0 radical (unpaired) electrons. The van der Waals surface area contributed by atoms with Crippen molar-refractivity contribution in [3.8, 4) is 0 Å². The third kappa shape index (κ3) is 4.20. The summed E-state index contributed by atoms with van der Waals surface area (Å²) < 4.78 is 66.2. The van der Waals surface area contributed by atoms with Crippen LogP contribution in [0.5, 0.6) is 0 Å². The Morgan fingerprint density at radius 2 is 1.65 bits per heavy atom. The molecule has 0 aromatic heterocycles. The van der Waals surface area contributed by atoms with E-state index >= 15 is 0 Å². The SMILES string of the molecule is O=C(c1ccccc1)N1CCSC12CCN(S(=O)(=O)c1cccc(C(F)(F)F)c1)CC2. The van der Waals surface area contributed by atoms with E-state index in [2.05, 4.69) is 0 Å². The van der Waals surface area contributed by atoms with Crippen LogP contribution in [0, 0.1) is 0 Å². The maximum absolute atomic E-state index is 13.0. The molecule has 0 saturated carbocycles. The Balaban J connectivity index is 1.52. The standard InChI is InChI=1S/C21H21F3N2O3S2/c22-21(23,24)17-7-4-8-18(15-17)31(28,29)25-11-9-20(10-12-25)26(13-14-30-20)19(27)16-5-2-1-3-6-16/h1-8,15H,9-14H2. The number of benzene rings is 2. The molecule has 5 nitrogen and oxygen atoms in total. The van der Waals surface area contributed by atoms with Gasteiger partial charge in [0.05, 0.1) is 15.3 Å². The summed E-state index contributed by atoms with van der Waals surface area (Å²) in [4.78, 5) is 14.0. The molecule has 166 valence electrons. The van der Waals surface area contributed by atoms with Gasteiger partial charge < -0.3 is 4.90 Å². The van der Waals surface area contributed by atoms with Gasteiger partial charge >= 0.3 is 6.18 Å². The predicted molar refractivity (Wildman–Crippen MR) is 112 cm³/mol. The lowest BCUT2D eigenvalue weighted by molar-refractivity contribution is -0.137. The summed E-state index contributed by atoms with van der Waals surface area (Å²) in [7, 11) is -4.06. The van der Waals surface area contributed by atoms with Crippen molar-refractivity contribution >= 4 is 27.7 Å². The van der Waals surface area contributed by atoms with Gasteiger partial charge in [-0.25, -0.2) is 8.42 Å². The average molecular weight is 471 g/mol. The highest BCUT2D eigenvalue weighted by Crippen LogP contribution is 2.45. The van der Waals surface area contributed by atoms with E-state index in [4.69, 9.17) is 0 Å². The first-order chi connectivity index (χ1) is 14.6. The maximum atomic E-state index is 13.0. The van der Waals surface area contributed by atoms with Crippen molar-refractivity contribution in [2.24, 2.45) is 0 Å². The van der Waals surface area contributed by atoms with Crippen molar-refractivity contribution in [3.05, 3.63) is 65.7 Å². The minimum Gasteiger partial charge on any atom is -0.323 e. The van der Waals surface area contributed by atoms with Crippen LogP contribution >= 0.6 is 11.8 Å². The number of hydrogen-bond donors (Lipinski definition) is 0. The zero-order chi connectivity index (χ0) is 22.3. The van der Waals surface area contributed by atoms with E-state index in [-0.39, 0.29) is 23.9 Å². The molecule has 2 heterocycles. The number of carbonyl (C=O) groups excluding carboxylic acids is 1. The lowest BCUT2D eigenvalue weighted by Gasteiger charge is -2.43. The highest BCUT2D eigenvalue weighted by Gasteiger charge is 2.48. The van der Waals surface area contributed by atoms with Crippen LogP contribution in [0.3, 0.4) is 0 Å². The number of carbonyl (C=O) groups is 1. The fourth-order valence-corrected chi connectivity index (χ4v) is 7.05. The van der Waals surface area contributed by atoms with Crippen LogP contribution in [0.1, 0.15) is 28.8 Å². The molecule has 2 aromatic rings. The third-order valence-corrected chi connectivity index (χ3v) is 9.19. The van der Waals surface area contributed by atoms with E-state index in [0.717, 1.165) is 17.9 Å². The van der Waals surface area contributed by atoms with Crippen molar-refractivity contribution < 1.29 is 26.4 Å². The second-order valence-corrected chi connectivity index (χ2v) is 10.9. The second kappa shape index (κ2) is 8.14. The molecule has 1 spiro atoms. The van der Waals surface area contributed by atoms with Crippen molar-refractivity contribution in [2.75, 3.05) is 25.4 Å². The summed E-state index contributed by atoms with van der Waals surface area (Å²) >= 11 is 1.65. The number of alkyl halides is 3. The summed E-state index contributed by atoms with van der Waals surface area (Å²) in [5.74, 6) is 0.679. The average Bonchev–Trinajstić information content (AvgIpc) is 3.16. The smallest absolute Gasteiger partial charge is 0.323 e. The number of hydrogen-bond acceptors (Lipinski definition) is 4. The molecule has 2 aromatic carbocycles. The molecule has 2 aliphatic rings. The van der Waals surface area contributed by atoms with Gasteiger partial charge in [-0.1, -0.05) is 24.3 Å². The fraction of sp³-hybridized carbons (Fsp3) is 0.381. The van der Waals surface area contributed by atoms with Crippen LogP contribution in [-0.4, -0.2) is 53.8 Å². The number of halogens is 3. The lowest BCUT2D eigenvalue weighted by atomic mass is 10.0. The Bertz CT molecular complexity index is 1070. The molecule has 1 amide bonds. The van der Waals surface area contributed by atoms with E-state index in [9.17, 15) is 26.4 Å². The predicted octanol–water partition coefficient (Wildman–Crippen LogP) is 4.08. The zero-order valence-electron chi connectivity index (χ0n) is 16.5. The number of thioether (sulfide) groups is 1. The molecule has 0 atom stereocenters. The summed E-state index contributed by atoms with van der Waals surface area (Å²) in [6.07, 6.45) is -3.76. The Labute approximate surface area is 183 Å². The molecule has 0 N–H and O–H groups in total. The van der Waals surface area contributed by atoms with Crippen LogP contribution in [-0.2, 0) is 16.2 Å². The lowest BCUT2D eigenvalue weighted by Crippen LogP contribution is -2.53. The number of amides is 1. The maximum Gasteiger partial charge on any atom is 0.416 e. The molecule has 0 bridgehead atoms. The van der Waals surface area contributed by atoms with Crippen LogP contribution in [0.2, 0.25) is 0 Å². The van der Waals surface area contributed by atoms with Gasteiger partial charge in [0.2, 0.25) is 10.0 Å². The first kappa shape index (κ1) is 22.2. The van der Waals surface area contributed by atoms with Gasteiger partial charge in [-0.3, -0.25) is 4.79 Å². The first-order valence-corrected chi connectivity index (χ1v) is 12.2. The third-order valence-electron chi connectivity index (χ3n) is 5.75. The Hall–Kier alpha value is -2.04. The molecule has 10 heteroatoms. The van der Waals surface area contributed by atoms with Gasteiger partial charge in [0.15, 0.2) is 0 Å². The number of rotatable bonds is 3. The minimum absolute atomic E-state index is 0.0835. The quantitative estimate of drug-likeness (QED) is 0.679. The molecular weight excluding hydrogens is 449 g/mol. The highest BCUT2D eigenvalue weighted by atomic mass is 32.2. The van der Waals surface area contributed by atoms with Crippen LogP contribution < -0.4 is 0 Å². The topological polar surface area (TPSA) is 57.7 Å². The number of piperidine rings is 1. The summed E-state index contributed by atoms with van der Waals surface area (Å²) in [5, 5.41) is 0. The molecule has 0 unspecified atom stereocenters. The van der Waals surface area contributed by atoms with Crippen LogP contribution in [0.4, 0.5) is 13.2 Å². The number of nitrogens with zero attached hydrogens (tertiary/aromatic N) is 2. The van der Waals surface area contributed by atoms with Gasteiger partial charge in [-0.15, -0.1) is 11.8 Å². The van der Waals surface area contributed by atoms with Crippen LogP contribution in [0.15, 0.2) is 59.5 Å². The molecule has 4 rings (SSSR count). The summed E-state index contributed by atoms with van der Waals surface area (Å²) in [6, 6.07) is 12.8. The summed E-state index contributed by atoms with van der Waals surface area (Å²) in [5.41, 5.74) is -0.406. The molecular formula is C21H21F3N2O3S2. The van der Waals surface area contributed by atoms with Crippen LogP contribution in [0.25, 0.3) is 0 Å². The molecule has 31 heavy (non-hydrogen) atoms. The van der Waals surface area contributed by atoms with E-state index in [1.54, 1.807) is 36.0 Å². The number of sulfonamides is 1. The minimum atomic E-state index is -4.61. The summed E-state index contributed by atoms with van der Waals surface area (Å²) in [6.45, 7) is 0.868. The first-order valence-electron chi connectivity index (χ1n) is 9.82. The largest absolute Gasteiger partial charge is 0.416 e. The van der Waals surface area contributed by atoms with Gasteiger partial charge in [0.1, 0.15) is 0 Å². The van der Waals surface area contributed by atoms with Crippen molar-refractivity contribution in [1.82, 2.24) is 9.21 Å². The molecule has 0 aliphatic carbocycles. The van der Waals surface area contributed by atoms with E-state index in [0.29, 0.717) is 31.0 Å². The van der Waals surface area contributed by atoms with Gasteiger partial charge in [0.25, 0.3) is 5.91 Å². The zero-order valence-corrected chi connectivity index (χ0v) is 18.1. The highest BCUT2D eigenvalue weighted by molar-refractivity contribution is 8.00. The van der Waals surface area contributed by atoms with E-state index < -0.39 is 26.6 Å². The normalized spacial score (nSPS) is 19.6.